The van der Waals surface area contributed by atoms with Crippen molar-refractivity contribution in [2.45, 2.75) is 249 Å². The van der Waals surface area contributed by atoms with Crippen molar-refractivity contribution in [3.8, 4) is 0 Å². The Balaban J connectivity index is 0.000000307. The van der Waals surface area contributed by atoms with Crippen LogP contribution in [0.4, 0.5) is 4.39 Å². The summed E-state index contributed by atoms with van der Waals surface area (Å²) in [6, 6.07) is -0.808. The zero-order valence-corrected chi connectivity index (χ0v) is 50.8. The van der Waals surface area contributed by atoms with Gasteiger partial charge in [-0.1, -0.05) is 46.3 Å². The molecule has 0 aromatic heterocycles. The largest absolute Gasteiger partial charge is 0.459 e. The van der Waals surface area contributed by atoms with Gasteiger partial charge in [0.25, 0.3) is 0 Å². The molecular formula is C60H101FN2O17. The Morgan fingerprint density at radius 3 is 2.11 bits per heavy atom. The average Bonchev–Trinajstić information content (AvgIpc) is 3.83. The van der Waals surface area contributed by atoms with E-state index >= 15 is 4.39 Å². The molecule has 3 heterocycles. The van der Waals surface area contributed by atoms with E-state index in [4.69, 9.17) is 28.4 Å². The van der Waals surface area contributed by atoms with Crippen LogP contribution in [0.25, 0.3) is 0 Å². The second kappa shape index (κ2) is 24.5. The zero-order valence-electron chi connectivity index (χ0n) is 50.8. The minimum Gasteiger partial charge on any atom is -0.459 e. The molecule has 20 heteroatoms. The molecule has 7 aliphatic rings. The van der Waals surface area contributed by atoms with Gasteiger partial charge in [-0.05, 0) is 151 Å². The van der Waals surface area contributed by atoms with Crippen molar-refractivity contribution in [1.29, 1.82) is 0 Å². The van der Waals surface area contributed by atoms with Crippen LogP contribution in [0.5, 0.6) is 0 Å². The highest BCUT2D eigenvalue weighted by Crippen LogP contribution is 2.70. The normalized spacial score (nSPS) is 50.6. The maximum atomic E-state index is 16.9. The number of hydrogen-bond donors (Lipinski definition) is 8. The van der Waals surface area contributed by atoms with Gasteiger partial charge in [0.1, 0.15) is 42.2 Å². The number of ketones is 2. The van der Waals surface area contributed by atoms with E-state index < -0.39 is 148 Å². The standard InChI is InChI=1S/C38H72N2O12.C22H29FO5/c1-15-27-38(10,46)31(42)24(6)40(13)19-20(2)17-36(8,45)33(52-35-29(41)26(39(11)12)16-21(3)48-35)22(4)30(23(5)34(44)50-27)51-28-18-37(9,47-14)32(43)25(7)49-28;1-12-8-16-15-5-4-13-9-14(25)6-7-19(13,2)21(15,23)17(26)10-20(16,3)22(12,28)18(27)11-24/h20-33,35,41-43,45-46H,15-19H2,1-14H3;6-7,9,12,15-17,24,26,28H,4-5,8,10-11H2,1-3H3/t20-,21-,22+,23-,24-,25+,26+,27-,28+,29-,30+,31-,32+,33-,35+,36-,37-,38-;12-,15+,16+,17+,19+,20+,21+,22+/m11/s1. The predicted octanol–water partition coefficient (Wildman–Crippen LogP) is 3.80. The zero-order chi connectivity index (χ0) is 60.4. The summed E-state index contributed by atoms with van der Waals surface area (Å²) in [7, 11) is 7.12. The molecule has 80 heavy (non-hydrogen) atoms. The Kier molecular flexibility index (Phi) is 20.5. The Hall–Kier alpha value is -2.38. The second-order valence-corrected chi connectivity index (χ2v) is 26.9. The molecule has 7 rings (SSSR count). The van der Waals surface area contributed by atoms with Crippen molar-refractivity contribution in [3.63, 3.8) is 0 Å². The maximum Gasteiger partial charge on any atom is 0.311 e. The van der Waals surface area contributed by atoms with Crippen molar-refractivity contribution in [3.05, 3.63) is 23.8 Å². The number of halogens is 1. The lowest BCUT2D eigenvalue weighted by molar-refractivity contribution is -0.318. The van der Waals surface area contributed by atoms with Gasteiger partial charge in [-0.15, -0.1) is 0 Å². The number of carbonyl (C=O) groups excluding carboxylic acids is 3. The lowest BCUT2D eigenvalue weighted by atomic mass is 9.44. The molecule has 0 unspecified atom stereocenters. The minimum absolute atomic E-state index is 0.0676. The first-order valence-electron chi connectivity index (χ1n) is 29.3. The predicted molar refractivity (Wildman–Crippen MR) is 294 cm³/mol. The molecule has 0 spiro atoms. The number of aliphatic hydroxyl groups is 8. The third kappa shape index (κ3) is 11.8. The quantitative estimate of drug-likeness (QED) is 0.153. The summed E-state index contributed by atoms with van der Waals surface area (Å²) in [4.78, 5) is 42.4. The molecule has 0 amide bonds. The van der Waals surface area contributed by atoms with Gasteiger partial charge >= 0.3 is 5.97 Å². The number of carbonyl (C=O) groups is 3. The topological polar surface area (TPSA) is 275 Å². The lowest BCUT2D eigenvalue weighted by Gasteiger charge is -2.62. The van der Waals surface area contributed by atoms with Crippen molar-refractivity contribution >= 4 is 17.5 Å². The number of hydrogen-bond acceptors (Lipinski definition) is 19. The number of fused-ring (bicyclic) bond motifs is 5. The first-order valence-corrected chi connectivity index (χ1v) is 29.3. The molecule has 26 atom stereocenters. The number of allylic oxidation sites excluding steroid dienone is 4. The number of likely N-dealkylation sites (N-methyl/N-ethyl adjacent to an activating group) is 2. The SMILES string of the molecule is CC[C@H]1OC(=O)[C@H](C)[C@@H](O[C@H]2C[C@@](C)(OC)[C@@H](O)[C@H](C)O2)[C@H](C)[C@@H](O[C@@H]2O[C@H](C)C[C@H](N(C)C)[C@H]2O)[C@](C)(O)C[C@@H](C)CN(C)[C@H](C)[C@@H](O)[C@]1(C)O.C[C@@H]1C[C@H]2[C@@H]3CCC4=CC(=O)C=C[C@]4(C)[C@@]3(F)[C@@H](O)C[C@]2(C)[C@@]1(O)C(=O)CO. The molecule has 19 nitrogen and oxygen atoms in total. The Morgan fingerprint density at radius 1 is 0.887 bits per heavy atom. The Morgan fingerprint density at radius 2 is 1.52 bits per heavy atom. The third-order valence-electron chi connectivity index (χ3n) is 21.0. The van der Waals surface area contributed by atoms with E-state index in [-0.39, 0.29) is 55.4 Å². The molecule has 6 fully saturated rings. The van der Waals surface area contributed by atoms with Crippen LogP contribution in [0, 0.1) is 46.3 Å². The number of esters is 1. The van der Waals surface area contributed by atoms with Crippen molar-refractivity contribution in [2.24, 2.45) is 46.3 Å². The van der Waals surface area contributed by atoms with Gasteiger partial charge < -0.3 is 79.1 Å². The lowest BCUT2D eigenvalue weighted by Crippen LogP contribution is -2.69. The summed E-state index contributed by atoms with van der Waals surface area (Å²) in [6.07, 6.45) is -3.75. The first kappa shape index (κ1) is 66.8. The number of aliphatic hydroxyl groups excluding tert-OH is 5. The summed E-state index contributed by atoms with van der Waals surface area (Å²) < 4.78 is 54.4. The highest BCUT2D eigenvalue weighted by atomic mass is 19.1. The molecule has 4 aliphatic carbocycles. The van der Waals surface area contributed by atoms with Gasteiger partial charge in [-0.25, -0.2) is 4.39 Å². The van der Waals surface area contributed by atoms with Gasteiger partial charge in [-0.3, -0.25) is 14.4 Å². The summed E-state index contributed by atoms with van der Waals surface area (Å²) in [6.45, 7) is 22.5. The van der Waals surface area contributed by atoms with Gasteiger partial charge in [-0.2, -0.15) is 0 Å². The molecule has 460 valence electrons. The fraction of sp³-hybridized carbons (Fsp3) is 0.883. The molecule has 3 aliphatic heterocycles. The summed E-state index contributed by atoms with van der Waals surface area (Å²) in [5.74, 6) is -4.70. The summed E-state index contributed by atoms with van der Waals surface area (Å²) in [5, 5.41) is 90.1. The van der Waals surface area contributed by atoms with Crippen LogP contribution in [0.15, 0.2) is 23.8 Å². The molecule has 0 aromatic rings. The highest BCUT2D eigenvalue weighted by molar-refractivity contribution is 6.01. The molecule has 8 N–H and O–H groups in total. The van der Waals surface area contributed by atoms with E-state index in [2.05, 4.69) is 0 Å². The molecule has 0 bridgehead atoms. The van der Waals surface area contributed by atoms with Crippen LogP contribution in [-0.2, 0) is 42.8 Å². The van der Waals surface area contributed by atoms with Crippen LogP contribution in [0.3, 0.4) is 0 Å². The third-order valence-corrected chi connectivity index (χ3v) is 21.0. The van der Waals surface area contributed by atoms with Crippen LogP contribution in [0.2, 0.25) is 0 Å². The van der Waals surface area contributed by atoms with E-state index in [0.717, 1.165) is 0 Å². The van der Waals surface area contributed by atoms with Gasteiger partial charge in [0.15, 0.2) is 29.8 Å². The number of ether oxygens (including phenoxy) is 6. The van der Waals surface area contributed by atoms with Crippen LogP contribution in [0.1, 0.15) is 141 Å². The average molecular weight is 1140 g/mol. The molecular weight excluding hydrogens is 1040 g/mol. The number of cyclic esters (lactones) is 1. The van der Waals surface area contributed by atoms with E-state index in [1.807, 2.05) is 51.7 Å². The van der Waals surface area contributed by atoms with Crippen LogP contribution < -0.4 is 0 Å². The van der Waals surface area contributed by atoms with Crippen molar-refractivity contribution < 1.29 is 88.0 Å². The number of nitrogens with zero attached hydrogens (tertiary/aromatic N) is 2. The van der Waals surface area contributed by atoms with Crippen molar-refractivity contribution in [2.75, 3.05) is 41.4 Å². The fourth-order valence-corrected chi connectivity index (χ4v) is 16.0. The maximum absolute atomic E-state index is 16.9. The number of methoxy groups -OCH3 is 1. The Bertz CT molecular complexity index is 2250. The van der Waals surface area contributed by atoms with E-state index in [0.29, 0.717) is 37.8 Å². The van der Waals surface area contributed by atoms with Crippen LogP contribution >= 0.6 is 0 Å². The van der Waals surface area contributed by atoms with Crippen LogP contribution in [-0.4, -0.2) is 217 Å². The molecule has 0 radical (unpaired) electrons. The number of alkyl halides is 1. The first-order chi connectivity index (χ1) is 36.9. The summed E-state index contributed by atoms with van der Waals surface area (Å²) >= 11 is 0. The Labute approximate surface area is 474 Å². The molecule has 3 saturated heterocycles. The highest BCUT2D eigenvalue weighted by Gasteiger charge is 2.75. The van der Waals surface area contributed by atoms with Crippen molar-refractivity contribution in [1.82, 2.24) is 9.80 Å². The molecule has 3 saturated carbocycles. The minimum atomic E-state index is -1.98. The van der Waals surface area contributed by atoms with Gasteiger partial charge in [0.05, 0.1) is 47.6 Å². The second-order valence-electron chi connectivity index (χ2n) is 26.9. The van der Waals surface area contributed by atoms with E-state index in [1.165, 1.54) is 26.2 Å². The van der Waals surface area contributed by atoms with Gasteiger partial charge in [0, 0.05) is 54.8 Å². The van der Waals surface area contributed by atoms with Gasteiger partial charge in [0.2, 0.25) is 0 Å². The number of Topliss-reactive ketones (excluding diaryl/α,β-unsaturated/α-hetero) is 1. The monoisotopic (exact) mass is 1140 g/mol. The van der Waals surface area contributed by atoms with E-state index in [1.54, 1.807) is 68.4 Å². The molecule has 0 aromatic carbocycles. The number of rotatable bonds is 9. The smallest absolute Gasteiger partial charge is 0.311 e. The van der Waals surface area contributed by atoms with E-state index in [9.17, 15) is 55.2 Å². The fourth-order valence-electron chi connectivity index (χ4n) is 16.0. The summed E-state index contributed by atoms with van der Waals surface area (Å²) in [5.41, 5.74) is -9.54.